The first-order valence-corrected chi connectivity index (χ1v) is 3.54. The molecule has 0 aliphatic rings. The highest BCUT2D eigenvalue weighted by Gasteiger charge is 2.11. The Morgan fingerprint density at radius 3 is 2.50 bits per heavy atom. The zero-order valence-electron chi connectivity index (χ0n) is 7.41. The van der Waals surface area contributed by atoms with E-state index in [9.17, 15) is 4.79 Å². The minimum atomic E-state index is -0.504. The number of carbonyl (C=O) groups excluding carboxylic acids is 1. The van der Waals surface area contributed by atoms with Gasteiger partial charge in [0.1, 0.15) is 6.04 Å². The second kappa shape index (κ2) is 8.77. The molecule has 0 radical (unpaired) electrons. The summed E-state index contributed by atoms with van der Waals surface area (Å²) in [6.45, 7) is 0.630. The van der Waals surface area contributed by atoms with Gasteiger partial charge in [0.2, 0.25) is 0 Å². The van der Waals surface area contributed by atoms with Crippen LogP contribution in [0.5, 0.6) is 0 Å². The van der Waals surface area contributed by atoms with Gasteiger partial charge < -0.3 is 15.2 Å². The molecule has 5 heteroatoms. The third-order valence-electron chi connectivity index (χ3n) is 1.37. The number of methoxy groups -OCH3 is 2. The third-order valence-corrected chi connectivity index (χ3v) is 1.37. The van der Waals surface area contributed by atoms with Gasteiger partial charge in [-0.25, -0.2) is 0 Å². The van der Waals surface area contributed by atoms with Gasteiger partial charge in [-0.15, -0.1) is 12.4 Å². The van der Waals surface area contributed by atoms with Crippen LogP contribution in [0, 0.1) is 0 Å². The molecule has 0 aromatic carbocycles. The maximum atomic E-state index is 10.7. The van der Waals surface area contributed by atoms with E-state index >= 15 is 0 Å². The molecule has 74 valence electrons. The van der Waals surface area contributed by atoms with Crippen molar-refractivity contribution in [2.45, 2.75) is 18.9 Å². The molecule has 0 heterocycles. The highest BCUT2D eigenvalue weighted by atomic mass is 35.5. The predicted molar refractivity (Wildman–Crippen MR) is 48.3 cm³/mol. The largest absolute Gasteiger partial charge is 0.468 e. The molecule has 0 aromatic rings. The summed E-state index contributed by atoms with van der Waals surface area (Å²) >= 11 is 0. The number of carbonyl (C=O) groups is 1. The van der Waals surface area contributed by atoms with Crippen LogP contribution >= 0.6 is 12.4 Å². The molecule has 0 aliphatic heterocycles. The van der Waals surface area contributed by atoms with Crippen molar-refractivity contribution in [3.8, 4) is 0 Å². The van der Waals surface area contributed by atoms with Gasteiger partial charge in [-0.05, 0) is 12.8 Å². The number of esters is 1. The van der Waals surface area contributed by atoms with Gasteiger partial charge in [-0.1, -0.05) is 0 Å². The van der Waals surface area contributed by atoms with E-state index < -0.39 is 6.04 Å². The Hall–Kier alpha value is -0.320. The zero-order chi connectivity index (χ0) is 8.69. The third kappa shape index (κ3) is 6.39. The van der Waals surface area contributed by atoms with Crippen molar-refractivity contribution in [3.63, 3.8) is 0 Å². The van der Waals surface area contributed by atoms with E-state index in [-0.39, 0.29) is 18.4 Å². The molecular weight excluding hydrogens is 182 g/mol. The van der Waals surface area contributed by atoms with Crippen molar-refractivity contribution >= 4 is 18.4 Å². The Kier molecular flexibility index (Phi) is 10.4. The summed E-state index contributed by atoms with van der Waals surface area (Å²) in [7, 11) is 2.95. The Morgan fingerprint density at radius 1 is 1.50 bits per heavy atom. The van der Waals surface area contributed by atoms with Crippen molar-refractivity contribution in [3.05, 3.63) is 0 Å². The summed E-state index contributed by atoms with van der Waals surface area (Å²) in [5.74, 6) is -0.360. The predicted octanol–water partition coefficient (Wildman–Crippen LogP) is 0.335. The van der Waals surface area contributed by atoms with Crippen molar-refractivity contribution in [1.82, 2.24) is 0 Å². The summed E-state index contributed by atoms with van der Waals surface area (Å²) in [6.07, 6.45) is 1.40. The van der Waals surface area contributed by atoms with Gasteiger partial charge in [-0.3, -0.25) is 4.79 Å². The SMILES string of the molecule is COCCCC(N)C(=O)OC.Cl. The lowest BCUT2D eigenvalue weighted by atomic mass is 10.2. The smallest absolute Gasteiger partial charge is 0.322 e. The van der Waals surface area contributed by atoms with Gasteiger partial charge in [-0.2, -0.15) is 0 Å². The first-order chi connectivity index (χ1) is 5.22. The highest BCUT2D eigenvalue weighted by molar-refractivity contribution is 5.85. The first kappa shape index (κ1) is 14.2. The van der Waals surface area contributed by atoms with Crippen LogP contribution in [0.15, 0.2) is 0 Å². The topological polar surface area (TPSA) is 61.5 Å². The molecule has 0 aromatic heterocycles. The van der Waals surface area contributed by atoms with Crippen molar-refractivity contribution in [2.24, 2.45) is 5.73 Å². The molecule has 4 nitrogen and oxygen atoms in total. The first-order valence-electron chi connectivity index (χ1n) is 3.54. The molecule has 1 atom stereocenters. The maximum absolute atomic E-state index is 10.7. The van der Waals surface area contributed by atoms with Crippen LogP contribution in [-0.2, 0) is 14.3 Å². The van der Waals surface area contributed by atoms with E-state index in [1.165, 1.54) is 7.11 Å². The number of hydrogen-bond donors (Lipinski definition) is 1. The highest BCUT2D eigenvalue weighted by Crippen LogP contribution is 1.95. The molecule has 12 heavy (non-hydrogen) atoms. The second-order valence-corrected chi connectivity index (χ2v) is 2.26. The lowest BCUT2D eigenvalue weighted by Crippen LogP contribution is -2.31. The summed E-state index contributed by atoms with van der Waals surface area (Å²) in [4.78, 5) is 10.7. The molecule has 0 saturated carbocycles. The fourth-order valence-corrected chi connectivity index (χ4v) is 0.717. The van der Waals surface area contributed by atoms with Gasteiger partial charge in [0.15, 0.2) is 0 Å². The van der Waals surface area contributed by atoms with Crippen molar-refractivity contribution in [2.75, 3.05) is 20.8 Å². The maximum Gasteiger partial charge on any atom is 0.322 e. The fraction of sp³-hybridized carbons (Fsp3) is 0.857. The fourth-order valence-electron chi connectivity index (χ4n) is 0.717. The Bertz CT molecular complexity index is 121. The van der Waals surface area contributed by atoms with Crippen LogP contribution in [0.2, 0.25) is 0 Å². The number of hydrogen-bond acceptors (Lipinski definition) is 4. The normalized spacial score (nSPS) is 11.6. The molecule has 0 aliphatic carbocycles. The number of ether oxygens (including phenoxy) is 2. The molecule has 0 saturated heterocycles. The van der Waals surface area contributed by atoms with E-state index in [4.69, 9.17) is 10.5 Å². The van der Waals surface area contributed by atoms with Gasteiger partial charge in [0, 0.05) is 13.7 Å². The number of nitrogens with two attached hydrogens (primary N) is 1. The van der Waals surface area contributed by atoms with Crippen LogP contribution in [0.3, 0.4) is 0 Å². The van der Waals surface area contributed by atoms with Gasteiger partial charge in [0.25, 0.3) is 0 Å². The Morgan fingerprint density at radius 2 is 2.08 bits per heavy atom. The molecule has 0 spiro atoms. The van der Waals surface area contributed by atoms with Crippen molar-refractivity contribution < 1.29 is 14.3 Å². The van der Waals surface area contributed by atoms with Crippen LogP contribution in [0.4, 0.5) is 0 Å². The Labute approximate surface area is 78.8 Å². The summed E-state index contributed by atoms with van der Waals surface area (Å²) in [5.41, 5.74) is 5.44. The summed E-state index contributed by atoms with van der Waals surface area (Å²) in [6, 6.07) is -0.504. The van der Waals surface area contributed by atoms with Crippen LogP contribution in [0.25, 0.3) is 0 Å². The molecule has 0 fully saturated rings. The average Bonchev–Trinajstić information content (AvgIpc) is 2.03. The van der Waals surface area contributed by atoms with Gasteiger partial charge in [0.05, 0.1) is 7.11 Å². The van der Waals surface area contributed by atoms with E-state index in [1.54, 1.807) is 7.11 Å². The molecule has 0 bridgehead atoms. The van der Waals surface area contributed by atoms with E-state index in [1.807, 2.05) is 0 Å². The molecule has 1 unspecified atom stereocenters. The second-order valence-electron chi connectivity index (χ2n) is 2.26. The monoisotopic (exact) mass is 197 g/mol. The number of rotatable bonds is 5. The van der Waals surface area contributed by atoms with Gasteiger partial charge >= 0.3 is 5.97 Å². The van der Waals surface area contributed by atoms with E-state index in [2.05, 4.69) is 4.74 Å². The van der Waals surface area contributed by atoms with Crippen LogP contribution in [-0.4, -0.2) is 32.8 Å². The molecule has 0 amide bonds. The lowest BCUT2D eigenvalue weighted by molar-refractivity contribution is -0.142. The Balaban J connectivity index is 0. The van der Waals surface area contributed by atoms with E-state index in [0.717, 1.165) is 6.42 Å². The van der Waals surface area contributed by atoms with Crippen LogP contribution < -0.4 is 5.73 Å². The standard InChI is InChI=1S/C7H15NO3.ClH/c1-10-5-3-4-6(8)7(9)11-2;/h6H,3-5,8H2,1-2H3;1H. The molecular formula is C7H16ClNO3. The molecule has 0 rings (SSSR count). The number of halogens is 1. The van der Waals surface area contributed by atoms with Crippen molar-refractivity contribution in [1.29, 1.82) is 0 Å². The minimum absolute atomic E-state index is 0. The summed E-state index contributed by atoms with van der Waals surface area (Å²) in [5, 5.41) is 0. The molecule has 2 N–H and O–H groups in total. The zero-order valence-corrected chi connectivity index (χ0v) is 8.23. The van der Waals surface area contributed by atoms with E-state index in [0.29, 0.717) is 13.0 Å². The summed E-state index contributed by atoms with van der Waals surface area (Å²) < 4.78 is 9.24. The van der Waals surface area contributed by atoms with Crippen LogP contribution in [0.1, 0.15) is 12.8 Å². The quantitative estimate of drug-likeness (QED) is 0.510. The lowest BCUT2D eigenvalue weighted by Gasteiger charge is -2.07. The average molecular weight is 198 g/mol. The minimum Gasteiger partial charge on any atom is -0.468 e.